The topological polar surface area (TPSA) is 55.1 Å². The molecule has 1 fully saturated rings. The minimum Gasteiger partial charge on any atom is -0.356 e. The van der Waals surface area contributed by atoms with E-state index in [-0.39, 0.29) is 17.9 Å². The summed E-state index contributed by atoms with van der Waals surface area (Å²) in [6, 6.07) is 0.174. The van der Waals surface area contributed by atoms with Crippen LogP contribution in [0.15, 0.2) is 0 Å². The molecule has 3 N–H and O–H groups in total. The molecule has 1 saturated carbocycles. The summed E-state index contributed by atoms with van der Waals surface area (Å²) >= 11 is 0. The average molecular weight is 282 g/mol. The molecule has 1 amide bonds. The summed E-state index contributed by atoms with van der Waals surface area (Å²) in [5.74, 6) is 3.04. The molecular formula is C17H34N2O. The van der Waals surface area contributed by atoms with Gasteiger partial charge in [0.2, 0.25) is 5.91 Å². The molecule has 3 nitrogen and oxygen atoms in total. The number of hydrogen-bond acceptors (Lipinski definition) is 2. The van der Waals surface area contributed by atoms with E-state index in [0.29, 0.717) is 29.6 Å². The molecule has 0 heterocycles. The second-order valence-corrected chi connectivity index (χ2v) is 7.59. The molecule has 0 aliphatic heterocycles. The van der Waals surface area contributed by atoms with Crippen molar-refractivity contribution in [1.82, 2.24) is 5.32 Å². The van der Waals surface area contributed by atoms with Crippen LogP contribution >= 0.6 is 0 Å². The van der Waals surface area contributed by atoms with Crippen LogP contribution in [0.2, 0.25) is 0 Å². The van der Waals surface area contributed by atoms with Gasteiger partial charge in [-0.25, -0.2) is 0 Å². The van der Waals surface area contributed by atoms with Gasteiger partial charge in [-0.3, -0.25) is 4.79 Å². The molecule has 0 radical (unpaired) electrons. The van der Waals surface area contributed by atoms with Crippen LogP contribution in [0.5, 0.6) is 0 Å². The lowest BCUT2D eigenvalue weighted by Crippen LogP contribution is -2.46. The highest BCUT2D eigenvalue weighted by molar-refractivity contribution is 5.79. The fraction of sp³-hybridized carbons (Fsp3) is 0.941. The van der Waals surface area contributed by atoms with E-state index >= 15 is 0 Å². The number of rotatable bonds is 5. The molecule has 0 spiro atoms. The highest BCUT2D eigenvalue weighted by atomic mass is 16.1. The van der Waals surface area contributed by atoms with E-state index in [9.17, 15) is 4.79 Å². The van der Waals surface area contributed by atoms with E-state index in [1.54, 1.807) is 0 Å². The fourth-order valence-electron chi connectivity index (χ4n) is 3.64. The zero-order valence-electron chi connectivity index (χ0n) is 14.1. The predicted octanol–water partition coefficient (Wildman–Crippen LogP) is 3.04. The first-order valence-corrected chi connectivity index (χ1v) is 8.27. The Morgan fingerprint density at radius 2 is 1.65 bits per heavy atom. The third kappa shape index (κ3) is 4.47. The quantitative estimate of drug-likeness (QED) is 0.814. The van der Waals surface area contributed by atoms with Crippen molar-refractivity contribution in [2.24, 2.45) is 41.2 Å². The number of carbonyl (C=O) groups excluding carboxylic acids is 1. The Kier molecular flexibility index (Phi) is 6.50. The van der Waals surface area contributed by atoms with Gasteiger partial charge in [-0.05, 0) is 42.4 Å². The third-order valence-corrected chi connectivity index (χ3v) is 5.25. The minimum atomic E-state index is 0.0983. The van der Waals surface area contributed by atoms with Crippen LogP contribution in [0.25, 0.3) is 0 Å². The van der Waals surface area contributed by atoms with Crippen LogP contribution in [-0.2, 0) is 4.79 Å². The van der Waals surface area contributed by atoms with Gasteiger partial charge in [-0.2, -0.15) is 0 Å². The van der Waals surface area contributed by atoms with E-state index in [0.717, 1.165) is 19.4 Å². The van der Waals surface area contributed by atoms with Crippen LogP contribution < -0.4 is 11.1 Å². The maximum atomic E-state index is 12.4. The van der Waals surface area contributed by atoms with Crippen molar-refractivity contribution in [1.29, 1.82) is 0 Å². The number of nitrogens with two attached hydrogens (primary N) is 1. The summed E-state index contributed by atoms with van der Waals surface area (Å²) < 4.78 is 0. The maximum Gasteiger partial charge on any atom is 0.223 e. The summed E-state index contributed by atoms with van der Waals surface area (Å²) in [6.45, 7) is 14.1. The smallest absolute Gasteiger partial charge is 0.223 e. The van der Waals surface area contributed by atoms with Crippen molar-refractivity contribution < 1.29 is 4.79 Å². The Morgan fingerprint density at radius 3 is 2.15 bits per heavy atom. The molecule has 20 heavy (non-hydrogen) atoms. The van der Waals surface area contributed by atoms with Gasteiger partial charge in [0.15, 0.2) is 0 Å². The lowest BCUT2D eigenvalue weighted by molar-refractivity contribution is -0.128. The van der Waals surface area contributed by atoms with E-state index in [2.05, 4.69) is 46.9 Å². The maximum absolute atomic E-state index is 12.4. The second-order valence-electron chi connectivity index (χ2n) is 7.59. The molecule has 0 saturated heterocycles. The lowest BCUT2D eigenvalue weighted by atomic mass is 9.72. The summed E-state index contributed by atoms with van der Waals surface area (Å²) in [5, 5.41) is 3.19. The zero-order chi connectivity index (χ0) is 15.4. The van der Waals surface area contributed by atoms with Crippen LogP contribution in [0.1, 0.15) is 54.4 Å². The molecule has 3 heteroatoms. The Morgan fingerprint density at radius 1 is 1.10 bits per heavy atom. The Bertz CT molecular complexity index is 306. The first-order chi connectivity index (χ1) is 9.23. The molecule has 0 aromatic carbocycles. The highest BCUT2D eigenvalue weighted by Crippen LogP contribution is 2.33. The Balaban J connectivity index is 2.54. The van der Waals surface area contributed by atoms with E-state index < -0.39 is 0 Å². The number of nitrogens with one attached hydrogen (secondary N) is 1. The van der Waals surface area contributed by atoms with Gasteiger partial charge >= 0.3 is 0 Å². The number of hydrogen-bond donors (Lipinski definition) is 2. The monoisotopic (exact) mass is 282 g/mol. The standard InChI is InChI=1S/C17H34N2O/c1-10(2)15(11(3)4)9-19-17(20)14-8-16(18)13(6)7-12(14)5/h10-16H,7-9,18H2,1-6H3,(H,19,20). The Hall–Kier alpha value is -0.570. The van der Waals surface area contributed by atoms with E-state index in [1.165, 1.54) is 0 Å². The highest BCUT2D eigenvalue weighted by Gasteiger charge is 2.35. The first-order valence-electron chi connectivity index (χ1n) is 8.27. The van der Waals surface area contributed by atoms with Crippen LogP contribution in [0.4, 0.5) is 0 Å². The van der Waals surface area contributed by atoms with Crippen LogP contribution in [0, 0.1) is 35.5 Å². The van der Waals surface area contributed by atoms with Crippen molar-refractivity contribution in [2.75, 3.05) is 6.54 Å². The molecule has 0 aromatic heterocycles. The van der Waals surface area contributed by atoms with Crippen LogP contribution in [0.3, 0.4) is 0 Å². The van der Waals surface area contributed by atoms with Crippen molar-refractivity contribution in [3.63, 3.8) is 0 Å². The van der Waals surface area contributed by atoms with Gasteiger partial charge < -0.3 is 11.1 Å². The molecular weight excluding hydrogens is 248 g/mol. The van der Waals surface area contributed by atoms with Gasteiger partial charge in [0.1, 0.15) is 0 Å². The summed E-state index contributed by atoms with van der Waals surface area (Å²) in [6.07, 6.45) is 1.90. The normalized spacial score (nSPS) is 31.1. The van der Waals surface area contributed by atoms with Crippen molar-refractivity contribution in [3.05, 3.63) is 0 Å². The molecule has 0 aromatic rings. The third-order valence-electron chi connectivity index (χ3n) is 5.25. The lowest BCUT2D eigenvalue weighted by Gasteiger charge is -2.36. The molecule has 1 rings (SSSR count). The van der Waals surface area contributed by atoms with E-state index in [1.807, 2.05) is 0 Å². The van der Waals surface area contributed by atoms with Crippen molar-refractivity contribution in [2.45, 2.75) is 60.4 Å². The minimum absolute atomic E-state index is 0.0983. The molecule has 1 aliphatic carbocycles. The fourth-order valence-corrected chi connectivity index (χ4v) is 3.64. The first kappa shape index (κ1) is 17.5. The van der Waals surface area contributed by atoms with Gasteiger partial charge in [0.05, 0.1) is 0 Å². The molecule has 0 bridgehead atoms. The number of carbonyl (C=O) groups is 1. The van der Waals surface area contributed by atoms with Crippen LogP contribution in [-0.4, -0.2) is 18.5 Å². The van der Waals surface area contributed by atoms with E-state index in [4.69, 9.17) is 5.73 Å². The largest absolute Gasteiger partial charge is 0.356 e. The predicted molar refractivity (Wildman–Crippen MR) is 85.2 cm³/mol. The second kappa shape index (κ2) is 7.44. The summed E-state index contributed by atoms with van der Waals surface area (Å²) in [4.78, 5) is 12.4. The molecule has 4 atom stereocenters. The number of amides is 1. The molecule has 118 valence electrons. The molecule has 4 unspecified atom stereocenters. The Labute approximate surface area is 125 Å². The van der Waals surface area contributed by atoms with Crippen molar-refractivity contribution in [3.8, 4) is 0 Å². The molecule has 1 aliphatic rings. The summed E-state index contributed by atoms with van der Waals surface area (Å²) in [7, 11) is 0. The SMILES string of the molecule is CC(C)C(CNC(=O)C1CC(N)C(C)CC1C)C(C)C. The van der Waals surface area contributed by atoms with Gasteiger partial charge in [-0.1, -0.05) is 41.5 Å². The van der Waals surface area contributed by atoms with Crippen molar-refractivity contribution >= 4 is 5.91 Å². The average Bonchev–Trinajstić information content (AvgIpc) is 2.32. The van der Waals surface area contributed by atoms with Gasteiger partial charge in [0.25, 0.3) is 0 Å². The summed E-state index contributed by atoms with van der Waals surface area (Å²) in [5.41, 5.74) is 6.14. The van der Waals surface area contributed by atoms with Gasteiger partial charge in [0, 0.05) is 18.5 Å². The zero-order valence-corrected chi connectivity index (χ0v) is 14.1. The van der Waals surface area contributed by atoms with Gasteiger partial charge in [-0.15, -0.1) is 0 Å².